The number of nitrogens with one attached hydrogen (secondary N) is 1. The van der Waals surface area contributed by atoms with Gasteiger partial charge in [0.15, 0.2) is 0 Å². The predicted molar refractivity (Wildman–Crippen MR) is 74.9 cm³/mol. The van der Waals surface area contributed by atoms with Gasteiger partial charge in [0.2, 0.25) is 5.91 Å². The van der Waals surface area contributed by atoms with Gasteiger partial charge in [-0.05, 0) is 36.8 Å². The summed E-state index contributed by atoms with van der Waals surface area (Å²) in [7, 11) is 0. The Morgan fingerprint density at radius 2 is 2.42 bits per heavy atom. The van der Waals surface area contributed by atoms with E-state index in [2.05, 4.69) is 10.2 Å². The van der Waals surface area contributed by atoms with Gasteiger partial charge in [-0.15, -0.1) is 11.3 Å². The zero-order valence-corrected chi connectivity index (χ0v) is 11.5. The lowest BCUT2D eigenvalue weighted by molar-refractivity contribution is -0.134. The number of nitrogens with zero attached hydrogens (tertiary/aromatic N) is 2. The molecule has 3 rings (SSSR count). The Labute approximate surface area is 116 Å². The van der Waals surface area contributed by atoms with E-state index in [9.17, 15) is 4.79 Å². The highest BCUT2D eigenvalue weighted by atomic mass is 32.1. The Hall–Kier alpha value is -1.62. The molecule has 2 aromatic rings. The lowest BCUT2D eigenvalue weighted by atomic mass is 9.99. The van der Waals surface area contributed by atoms with Crippen molar-refractivity contribution in [2.45, 2.75) is 31.7 Å². The van der Waals surface area contributed by atoms with Crippen LogP contribution in [0.2, 0.25) is 0 Å². The molecule has 100 valence electrons. The van der Waals surface area contributed by atoms with Gasteiger partial charge >= 0.3 is 0 Å². The molecule has 1 aliphatic heterocycles. The Morgan fingerprint density at radius 1 is 1.47 bits per heavy atom. The minimum Gasteiger partial charge on any atom is -0.334 e. The molecule has 1 amide bonds. The first-order valence-corrected chi connectivity index (χ1v) is 7.53. The molecule has 1 aliphatic rings. The van der Waals surface area contributed by atoms with Gasteiger partial charge in [0, 0.05) is 17.6 Å². The number of aromatic nitrogens is 2. The third kappa shape index (κ3) is 2.71. The van der Waals surface area contributed by atoms with Crippen molar-refractivity contribution in [1.29, 1.82) is 0 Å². The van der Waals surface area contributed by atoms with Crippen molar-refractivity contribution in [2.24, 2.45) is 0 Å². The normalized spacial score (nSPS) is 19.6. The van der Waals surface area contributed by atoms with E-state index in [0.717, 1.165) is 30.0 Å². The summed E-state index contributed by atoms with van der Waals surface area (Å²) in [5.41, 5.74) is 1.05. The number of aromatic amines is 1. The van der Waals surface area contributed by atoms with E-state index in [1.165, 1.54) is 6.42 Å². The van der Waals surface area contributed by atoms with Gasteiger partial charge in [0.1, 0.15) is 0 Å². The van der Waals surface area contributed by atoms with Crippen molar-refractivity contribution >= 4 is 17.2 Å². The molecule has 4 nitrogen and oxygen atoms in total. The topological polar surface area (TPSA) is 49.0 Å². The number of rotatable bonds is 3. The molecule has 1 N–H and O–H groups in total. The molecule has 0 spiro atoms. The average molecular weight is 275 g/mol. The van der Waals surface area contributed by atoms with Gasteiger partial charge in [-0.25, -0.2) is 0 Å². The Balaban J connectivity index is 1.75. The second-order valence-corrected chi connectivity index (χ2v) is 5.90. The first-order chi connectivity index (χ1) is 9.34. The maximum Gasteiger partial charge on any atom is 0.228 e. The van der Waals surface area contributed by atoms with Crippen molar-refractivity contribution in [1.82, 2.24) is 15.1 Å². The van der Waals surface area contributed by atoms with Gasteiger partial charge < -0.3 is 4.90 Å². The van der Waals surface area contributed by atoms with Crippen LogP contribution < -0.4 is 0 Å². The summed E-state index contributed by atoms with van der Waals surface area (Å²) in [4.78, 5) is 15.6. The van der Waals surface area contributed by atoms with Crippen LogP contribution >= 0.6 is 11.3 Å². The average Bonchev–Trinajstić information content (AvgIpc) is 3.11. The van der Waals surface area contributed by atoms with Crippen LogP contribution in [0, 0.1) is 0 Å². The number of hydrogen-bond donors (Lipinski definition) is 1. The molecule has 3 heterocycles. The van der Waals surface area contributed by atoms with E-state index in [-0.39, 0.29) is 11.9 Å². The van der Waals surface area contributed by atoms with Gasteiger partial charge in [-0.1, -0.05) is 6.07 Å². The van der Waals surface area contributed by atoms with Crippen LogP contribution in [0.3, 0.4) is 0 Å². The van der Waals surface area contributed by atoms with E-state index in [1.54, 1.807) is 17.5 Å². The molecular weight excluding hydrogens is 258 g/mol. The number of amides is 1. The summed E-state index contributed by atoms with van der Waals surface area (Å²) in [5.74, 6) is 0.224. The van der Waals surface area contributed by atoms with Gasteiger partial charge in [-0.2, -0.15) is 5.10 Å². The standard InChI is InChI=1S/C14H17N3OS/c18-14(10-11-4-3-9-19-11)17-8-2-1-5-13(17)12-6-7-15-16-12/h3-4,6-7,9,13H,1-2,5,8,10H2,(H,15,16)/t13-/m1/s1. The van der Waals surface area contributed by atoms with Crippen molar-refractivity contribution < 1.29 is 4.79 Å². The molecule has 0 saturated carbocycles. The van der Waals surface area contributed by atoms with E-state index in [0.29, 0.717) is 6.42 Å². The van der Waals surface area contributed by atoms with Crippen LogP contribution in [-0.2, 0) is 11.2 Å². The SMILES string of the molecule is O=C(Cc1cccs1)N1CCCC[C@@H]1c1ccn[nH]1. The van der Waals surface area contributed by atoms with E-state index in [4.69, 9.17) is 0 Å². The van der Waals surface area contributed by atoms with Crippen LogP contribution in [0.5, 0.6) is 0 Å². The summed E-state index contributed by atoms with van der Waals surface area (Å²) in [6, 6.07) is 6.17. The molecule has 0 unspecified atom stereocenters. The number of carbonyl (C=O) groups is 1. The Bertz CT molecular complexity index is 521. The van der Waals surface area contributed by atoms with Crippen LogP contribution in [0.25, 0.3) is 0 Å². The zero-order valence-electron chi connectivity index (χ0n) is 10.7. The smallest absolute Gasteiger partial charge is 0.228 e. The van der Waals surface area contributed by atoms with Crippen molar-refractivity contribution in [2.75, 3.05) is 6.54 Å². The number of H-pyrrole nitrogens is 1. The highest BCUT2D eigenvalue weighted by molar-refractivity contribution is 7.10. The molecule has 2 aromatic heterocycles. The third-order valence-corrected chi connectivity index (χ3v) is 4.49. The lowest BCUT2D eigenvalue weighted by Crippen LogP contribution is -2.39. The summed E-state index contributed by atoms with van der Waals surface area (Å²) in [6.07, 6.45) is 5.57. The van der Waals surface area contributed by atoms with Crippen molar-refractivity contribution in [3.8, 4) is 0 Å². The minimum atomic E-state index is 0.170. The van der Waals surface area contributed by atoms with Gasteiger partial charge in [-0.3, -0.25) is 9.89 Å². The first-order valence-electron chi connectivity index (χ1n) is 6.66. The molecule has 0 aliphatic carbocycles. The maximum atomic E-state index is 12.5. The molecule has 0 bridgehead atoms. The second kappa shape index (κ2) is 5.57. The fourth-order valence-electron chi connectivity index (χ4n) is 2.67. The summed E-state index contributed by atoms with van der Waals surface area (Å²) >= 11 is 1.65. The highest BCUT2D eigenvalue weighted by Gasteiger charge is 2.28. The molecule has 0 radical (unpaired) electrons. The largest absolute Gasteiger partial charge is 0.334 e. The Kier molecular flexibility index (Phi) is 3.64. The number of thiophene rings is 1. The number of carbonyl (C=O) groups excluding carboxylic acids is 1. The summed E-state index contributed by atoms with van der Waals surface area (Å²) in [5, 5.41) is 9.03. The summed E-state index contributed by atoms with van der Waals surface area (Å²) < 4.78 is 0. The van der Waals surface area contributed by atoms with Gasteiger partial charge in [0.25, 0.3) is 0 Å². The van der Waals surface area contributed by atoms with Crippen LogP contribution in [0.4, 0.5) is 0 Å². The molecule has 5 heteroatoms. The zero-order chi connectivity index (χ0) is 13.1. The lowest BCUT2D eigenvalue weighted by Gasteiger charge is -2.35. The highest BCUT2D eigenvalue weighted by Crippen LogP contribution is 2.30. The molecular formula is C14H17N3OS. The third-order valence-electron chi connectivity index (χ3n) is 3.61. The minimum absolute atomic E-state index is 0.170. The monoisotopic (exact) mass is 275 g/mol. The molecule has 1 fully saturated rings. The van der Waals surface area contributed by atoms with E-state index >= 15 is 0 Å². The molecule has 0 aromatic carbocycles. The van der Waals surface area contributed by atoms with Crippen LogP contribution in [0.15, 0.2) is 29.8 Å². The molecule has 1 saturated heterocycles. The van der Waals surface area contributed by atoms with Crippen LogP contribution in [0.1, 0.15) is 35.9 Å². The number of likely N-dealkylation sites (tertiary alicyclic amines) is 1. The quantitative estimate of drug-likeness (QED) is 0.936. The summed E-state index contributed by atoms with van der Waals surface area (Å²) in [6.45, 7) is 0.855. The number of hydrogen-bond acceptors (Lipinski definition) is 3. The Morgan fingerprint density at radius 3 is 3.16 bits per heavy atom. The predicted octanol–water partition coefficient (Wildman–Crippen LogP) is 2.77. The first kappa shape index (κ1) is 12.4. The number of piperidine rings is 1. The van der Waals surface area contributed by atoms with Crippen molar-refractivity contribution in [3.63, 3.8) is 0 Å². The van der Waals surface area contributed by atoms with E-state index in [1.807, 2.05) is 28.5 Å². The van der Waals surface area contributed by atoms with Crippen molar-refractivity contribution in [3.05, 3.63) is 40.3 Å². The van der Waals surface area contributed by atoms with E-state index < -0.39 is 0 Å². The van der Waals surface area contributed by atoms with Gasteiger partial charge in [0.05, 0.1) is 18.2 Å². The molecule has 1 atom stereocenters. The van der Waals surface area contributed by atoms with Crippen LogP contribution in [-0.4, -0.2) is 27.5 Å². The second-order valence-electron chi connectivity index (χ2n) is 4.87. The fourth-order valence-corrected chi connectivity index (χ4v) is 3.37. The maximum absolute atomic E-state index is 12.5. The molecule has 19 heavy (non-hydrogen) atoms. The fraction of sp³-hybridized carbons (Fsp3) is 0.429.